The first kappa shape index (κ1) is 24.7. The summed E-state index contributed by atoms with van der Waals surface area (Å²) in [4.78, 5) is 16.0. The molecule has 0 spiro atoms. The number of nitrogens with zero attached hydrogens (tertiary/aromatic N) is 6. The van der Waals surface area contributed by atoms with Crippen LogP contribution in [0.3, 0.4) is 0 Å². The van der Waals surface area contributed by atoms with Crippen LogP contribution in [-0.4, -0.2) is 51.6 Å². The molecular formula is C22H19F2N7O4S. The maximum absolute atomic E-state index is 14.9. The maximum Gasteiger partial charge on any atom is 0.264 e. The van der Waals surface area contributed by atoms with E-state index in [0.29, 0.717) is 5.82 Å². The highest BCUT2D eigenvalue weighted by molar-refractivity contribution is 7.89. The van der Waals surface area contributed by atoms with Crippen LogP contribution in [0.2, 0.25) is 0 Å². The summed E-state index contributed by atoms with van der Waals surface area (Å²) in [5, 5.41) is 3.63. The van der Waals surface area contributed by atoms with Crippen LogP contribution < -0.4 is 10.5 Å². The van der Waals surface area contributed by atoms with E-state index in [0.717, 1.165) is 22.6 Å². The van der Waals surface area contributed by atoms with Crippen molar-refractivity contribution in [2.24, 2.45) is 10.7 Å². The third-order valence-corrected chi connectivity index (χ3v) is 6.99. The van der Waals surface area contributed by atoms with Gasteiger partial charge in [0.05, 0.1) is 12.4 Å². The zero-order chi connectivity index (χ0) is 26.1. The number of aromatic nitrogens is 4. The van der Waals surface area contributed by atoms with Crippen LogP contribution in [-0.2, 0) is 22.2 Å². The second-order valence-corrected chi connectivity index (χ2v) is 9.69. The first-order chi connectivity index (χ1) is 17.0. The van der Waals surface area contributed by atoms with Crippen molar-refractivity contribution in [1.29, 1.82) is 0 Å². The lowest BCUT2D eigenvalue weighted by Gasteiger charge is -2.33. The lowest BCUT2D eigenvalue weighted by molar-refractivity contribution is 0.234. The molecule has 2 aromatic heterocycles. The number of nitrogens with two attached hydrogens (primary N) is 1. The number of sulfonamides is 1. The van der Waals surface area contributed by atoms with Crippen LogP contribution in [0.5, 0.6) is 5.88 Å². The molecule has 0 saturated heterocycles. The van der Waals surface area contributed by atoms with Crippen molar-refractivity contribution < 1.29 is 26.5 Å². The summed E-state index contributed by atoms with van der Waals surface area (Å²) in [5.41, 5.74) is 3.62. The summed E-state index contributed by atoms with van der Waals surface area (Å²) in [6.07, 6.45) is 9.00. The standard InChI is InChI=1S/C22H19F2N7O4S/c1-4-22(12-36(32,33)31(3)21(25)29-22)15-7-14(5-6-16(15)23)8-17(24)18-9-27-19(10-26-18)34-11-20-28-13(2)30-35-20/h1,5-10H,11-12H2,2-3H3,(H2,25,29)/b17-8-/t22-/m0/s1. The second kappa shape index (κ2) is 9.34. The molecule has 3 heterocycles. The summed E-state index contributed by atoms with van der Waals surface area (Å²) >= 11 is 0. The lowest BCUT2D eigenvalue weighted by Crippen LogP contribution is -2.51. The van der Waals surface area contributed by atoms with Crippen molar-refractivity contribution in [2.75, 3.05) is 12.8 Å². The van der Waals surface area contributed by atoms with Gasteiger partial charge in [-0.05, 0) is 30.7 Å². The number of aryl methyl sites for hydroxylation is 1. The van der Waals surface area contributed by atoms with Crippen LogP contribution in [0.1, 0.15) is 28.5 Å². The van der Waals surface area contributed by atoms with E-state index in [9.17, 15) is 17.2 Å². The van der Waals surface area contributed by atoms with Crippen molar-refractivity contribution in [3.05, 3.63) is 64.9 Å². The summed E-state index contributed by atoms with van der Waals surface area (Å²) in [6.45, 7) is 1.62. The van der Waals surface area contributed by atoms with Gasteiger partial charge < -0.3 is 15.0 Å². The molecular weight excluding hydrogens is 496 g/mol. The summed E-state index contributed by atoms with van der Waals surface area (Å²) in [5.74, 6) is 0.314. The number of guanidine groups is 1. The third kappa shape index (κ3) is 4.86. The Morgan fingerprint density at radius 3 is 2.78 bits per heavy atom. The number of terminal acetylenes is 1. The normalized spacial score (nSPS) is 19.5. The van der Waals surface area contributed by atoms with Crippen molar-refractivity contribution in [3.63, 3.8) is 0 Å². The second-order valence-electron chi connectivity index (χ2n) is 7.69. The fourth-order valence-corrected chi connectivity index (χ4v) is 4.66. The highest BCUT2D eigenvalue weighted by Crippen LogP contribution is 2.34. The Kier molecular flexibility index (Phi) is 6.42. The molecule has 14 heteroatoms. The van der Waals surface area contributed by atoms with Gasteiger partial charge in [-0.1, -0.05) is 17.1 Å². The Labute approximate surface area is 204 Å². The topological polar surface area (TPSA) is 150 Å². The summed E-state index contributed by atoms with van der Waals surface area (Å²) in [7, 11) is -2.75. The van der Waals surface area contributed by atoms with E-state index in [-0.39, 0.29) is 35.2 Å². The first-order valence-corrected chi connectivity index (χ1v) is 11.9. The van der Waals surface area contributed by atoms with Gasteiger partial charge in [0.2, 0.25) is 21.9 Å². The zero-order valence-electron chi connectivity index (χ0n) is 19.0. The molecule has 1 aliphatic rings. The molecule has 0 aliphatic carbocycles. The summed E-state index contributed by atoms with van der Waals surface area (Å²) in [6, 6.07) is 3.53. The number of benzene rings is 1. The minimum absolute atomic E-state index is 0.0407. The van der Waals surface area contributed by atoms with Gasteiger partial charge in [0.15, 0.2) is 23.8 Å². The molecule has 2 N–H and O–H groups in total. The molecule has 0 radical (unpaired) electrons. The number of hydrogen-bond donors (Lipinski definition) is 1. The van der Waals surface area contributed by atoms with Crippen LogP contribution in [0.4, 0.5) is 8.78 Å². The number of rotatable bonds is 6. The van der Waals surface area contributed by atoms with Crippen LogP contribution >= 0.6 is 0 Å². The highest BCUT2D eigenvalue weighted by atomic mass is 32.2. The molecule has 1 atom stereocenters. The molecule has 0 amide bonds. The molecule has 4 rings (SSSR count). The summed E-state index contributed by atoms with van der Waals surface area (Å²) < 4.78 is 65.7. The van der Waals surface area contributed by atoms with Gasteiger partial charge in [-0.2, -0.15) is 4.98 Å². The van der Waals surface area contributed by atoms with E-state index in [2.05, 4.69) is 31.0 Å². The molecule has 0 bridgehead atoms. The average molecular weight is 516 g/mol. The fourth-order valence-electron chi connectivity index (χ4n) is 3.31. The fraction of sp³-hybridized carbons (Fsp3) is 0.227. The quantitative estimate of drug-likeness (QED) is 0.485. The van der Waals surface area contributed by atoms with E-state index in [4.69, 9.17) is 21.4 Å². The molecule has 1 aliphatic heterocycles. The SMILES string of the molecule is C#C[C@@]1(c2cc(/C=C(\F)c3cnc(OCc4nc(C)no4)cn3)ccc2F)CS(=O)(=O)N(C)C(N)=N1. The van der Waals surface area contributed by atoms with Crippen LogP contribution in [0, 0.1) is 25.1 Å². The molecule has 1 aromatic carbocycles. The van der Waals surface area contributed by atoms with Gasteiger partial charge in [-0.25, -0.2) is 36.5 Å². The number of aliphatic imine (C=N–C) groups is 1. The van der Waals surface area contributed by atoms with Gasteiger partial charge in [0, 0.05) is 12.6 Å². The van der Waals surface area contributed by atoms with Gasteiger partial charge in [0.25, 0.3) is 5.89 Å². The highest BCUT2D eigenvalue weighted by Gasteiger charge is 2.44. The maximum atomic E-state index is 14.9. The van der Waals surface area contributed by atoms with E-state index in [1.165, 1.54) is 25.4 Å². The van der Waals surface area contributed by atoms with Gasteiger partial charge in [-0.15, -0.1) is 6.42 Å². The molecule has 0 fully saturated rings. The average Bonchev–Trinajstić information content (AvgIpc) is 3.27. The van der Waals surface area contributed by atoms with E-state index >= 15 is 0 Å². The number of ether oxygens (including phenoxy) is 1. The van der Waals surface area contributed by atoms with Crippen molar-refractivity contribution in [1.82, 2.24) is 24.4 Å². The number of hydrogen-bond acceptors (Lipinski definition) is 10. The molecule has 11 nitrogen and oxygen atoms in total. The zero-order valence-corrected chi connectivity index (χ0v) is 19.8. The van der Waals surface area contributed by atoms with E-state index in [1.54, 1.807) is 6.92 Å². The Balaban J connectivity index is 1.59. The first-order valence-electron chi connectivity index (χ1n) is 10.2. The van der Waals surface area contributed by atoms with Gasteiger partial charge >= 0.3 is 0 Å². The predicted octanol–water partition coefficient (Wildman–Crippen LogP) is 1.77. The van der Waals surface area contributed by atoms with Gasteiger partial charge in [0.1, 0.15) is 17.3 Å². The van der Waals surface area contributed by atoms with E-state index < -0.39 is 38.9 Å². The Bertz CT molecular complexity index is 1510. The van der Waals surface area contributed by atoms with Crippen molar-refractivity contribution in [3.8, 4) is 18.2 Å². The Morgan fingerprint density at radius 2 is 2.17 bits per heavy atom. The van der Waals surface area contributed by atoms with Gasteiger partial charge in [-0.3, -0.25) is 0 Å². The molecule has 3 aromatic rings. The monoisotopic (exact) mass is 515 g/mol. The Morgan fingerprint density at radius 1 is 1.39 bits per heavy atom. The molecule has 36 heavy (non-hydrogen) atoms. The largest absolute Gasteiger partial charge is 0.466 e. The van der Waals surface area contributed by atoms with Crippen LogP contribution in [0.15, 0.2) is 40.1 Å². The smallest absolute Gasteiger partial charge is 0.264 e. The third-order valence-electron chi connectivity index (χ3n) is 5.19. The van der Waals surface area contributed by atoms with E-state index in [1.807, 2.05) is 0 Å². The molecule has 0 unspecified atom stereocenters. The number of halogens is 2. The lowest BCUT2D eigenvalue weighted by atomic mass is 9.91. The van der Waals surface area contributed by atoms with Crippen molar-refractivity contribution in [2.45, 2.75) is 19.1 Å². The Hall–Kier alpha value is -4.38. The molecule has 186 valence electrons. The molecule has 0 saturated carbocycles. The minimum Gasteiger partial charge on any atom is -0.466 e. The predicted molar refractivity (Wildman–Crippen MR) is 124 cm³/mol. The minimum atomic E-state index is -3.96. The van der Waals surface area contributed by atoms with Crippen LogP contribution in [0.25, 0.3) is 11.9 Å². The van der Waals surface area contributed by atoms with Crippen molar-refractivity contribution >= 4 is 27.9 Å².